The molecule has 1 aromatic carbocycles. The highest BCUT2D eigenvalue weighted by Gasteiger charge is 2.12. The summed E-state index contributed by atoms with van der Waals surface area (Å²) >= 11 is 3.41. The third-order valence-corrected chi connectivity index (χ3v) is 3.19. The molecule has 1 atom stereocenters. The fourth-order valence-electron chi connectivity index (χ4n) is 1.58. The predicted octanol–water partition coefficient (Wildman–Crippen LogP) is 3.96. The molecule has 0 bridgehead atoms. The maximum atomic E-state index is 11.8. The summed E-state index contributed by atoms with van der Waals surface area (Å²) in [6.07, 6.45) is 1.97. The molecule has 0 saturated carbocycles. The van der Waals surface area contributed by atoms with Crippen molar-refractivity contribution in [3.05, 3.63) is 29.8 Å². The smallest absolute Gasteiger partial charge is 0.227 e. The van der Waals surface area contributed by atoms with Crippen LogP contribution in [0.5, 0.6) is 0 Å². The summed E-state index contributed by atoms with van der Waals surface area (Å²) in [5, 5.41) is 3.73. The van der Waals surface area contributed by atoms with Gasteiger partial charge in [-0.1, -0.05) is 54.4 Å². The van der Waals surface area contributed by atoms with Gasteiger partial charge in [-0.15, -0.1) is 0 Å². The molecule has 0 aromatic heterocycles. The lowest BCUT2D eigenvalue weighted by atomic mass is 10.1. The van der Waals surface area contributed by atoms with Gasteiger partial charge in [-0.25, -0.2) is 0 Å². The fraction of sp³-hybridized carbons (Fsp3) is 0.462. The number of amides is 1. The van der Waals surface area contributed by atoms with Crippen molar-refractivity contribution >= 4 is 27.5 Å². The van der Waals surface area contributed by atoms with Gasteiger partial charge in [-0.3, -0.25) is 4.79 Å². The van der Waals surface area contributed by atoms with Gasteiger partial charge in [0.2, 0.25) is 5.91 Å². The number of nitrogens with one attached hydrogen (secondary N) is 1. The second-order valence-corrected chi connectivity index (χ2v) is 4.53. The van der Waals surface area contributed by atoms with Crippen molar-refractivity contribution in [2.24, 2.45) is 5.92 Å². The number of benzene rings is 1. The molecule has 0 aliphatic heterocycles. The van der Waals surface area contributed by atoms with Gasteiger partial charge in [-0.2, -0.15) is 0 Å². The summed E-state index contributed by atoms with van der Waals surface area (Å²) in [7, 11) is 0. The molecule has 1 N–H and O–H groups in total. The highest BCUT2D eigenvalue weighted by atomic mass is 79.9. The van der Waals surface area contributed by atoms with Crippen LogP contribution in [0.4, 0.5) is 5.69 Å². The van der Waals surface area contributed by atoms with E-state index >= 15 is 0 Å². The minimum absolute atomic E-state index is 0.0772. The molecule has 1 aromatic rings. The SMILES string of the molecule is CCCC(C)C(=O)Nc1ccccc1CBr. The van der Waals surface area contributed by atoms with E-state index in [-0.39, 0.29) is 11.8 Å². The van der Waals surface area contributed by atoms with Gasteiger partial charge in [-0.05, 0) is 18.1 Å². The van der Waals surface area contributed by atoms with Crippen LogP contribution >= 0.6 is 15.9 Å². The van der Waals surface area contributed by atoms with Gasteiger partial charge < -0.3 is 5.32 Å². The van der Waals surface area contributed by atoms with Crippen LogP contribution in [0.2, 0.25) is 0 Å². The van der Waals surface area contributed by atoms with Crippen molar-refractivity contribution in [2.75, 3.05) is 5.32 Å². The molecule has 0 radical (unpaired) electrons. The molecule has 1 rings (SSSR count). The molecule has 16 heavy (non-hydrogen) atoms. The van der Waals surface area contributed by atoms with Crippen molar-refractivity contribution in [3.8, 4) is 0 Å². The summed E-state index contributed by atoms with van der Waals surface area (Å²) < 4.78 is 0. The lowest BCUT2D eigenvalue weighted by Crippen LogP contribution is -2.20. The zero-order valence-electron chi connectivity index (χ0n) is 9.79. The fourth-order valence-corrected chi connectivity index (χ4v) is 2.07. The molecular weight excluding hydrogens is 266 g/mol. The Morgan fingerprint density at radius 3 is 2.75 bits per heavy atom. The van der Waals surface area contributed by atoms with Crippen molar-refractivity contribution in [1.29, 1.82) is 0 Å². The van der Waals surface area contributed by atoms with Crippen molar-refractivity contribution in [2.45, 2.75) is 32.0 Å². The lowest BCUT2D eigenvalue weighted by Gasteiger charge is -2.13. The zero-order chi connectivity index (χ0) is 12.0. The molecule has 0 spiro atoms. The Labute approximate surface area is 106 Å². The van der Waals surface area contributed by atoms with Crippen LogP contribution < -0.4 is 5.32 Å². The first-order chi connectivity index (χ1) is 7.69. The van der Waals surface area contributed by atoms with Crippen LogP contribution in [0.15, 0.2) is 24.3 Å². The van der Waals surface area contributed by atoms with Crippen LogP contribution in [0, 0.1) is 5.92 Å². The van der Waals surface area contributed by atoms with E-state index in [1.807, 2.05) is 31.2 Å². The molecule has 88 valence electrons. The van der Waals surface area contributed by atoms with E-state index < -0.39 is 0 Å². The normalized spacial score (nSPS) is 12.2. The molecule has 1 unspecified atom stereocenters. The van der Waals surface area contributed by atoms with E-state index in [0.717, 1.165) is 29.4 Å². The van der Waals surface area contributed by atoms with Gasteiger partial charge in [0.15, 0.2) is 0 Å². The van der Waals surface area contributed by atoms with Crippen LogP contribution in [-0.2, 0) is 10.1 Å². The number of carbonyl (C=O) groups excluding carboxylic acids is 1. The Kier molecular flexibility index (Phi) is 5.53. The first kappa shape index (κ1) is 13.2. The van der Waals surface area contributed by atoms with Crippen LogP contribution in [0.1, 0.15) is 32.3 Å². The molecule has 0 saturated heterocycles. The van der Waals surface area contributed by atoms with Crippen LogP contribution in [-0.4, -0.2) is 5.91 Å². The number of halogens is 1. The highest BCUT2D eigenvalue weighted by Crippen LogP contribution is 2.19. The van der Waals surface area contributed by atoms with Gasteiger partial charge in [0.1, 0.15) is 0 Å². The topological polar surface area (TPSA) is 29.1 Å². The lowest BCUT2D eigenvalue weighted by molar-refractivity contribution is -0.119. The average Bonchev–Trinajstić information content (AvgIpc) is 2.30. The van der Waals surface area contributed by atoms with E-state index in [4.69, 9.17) is 0 Å². The number of hydrogen-bond acceptors (Lipinski definition) is 1. The van der Waals surface area contributed by atoms with Crippen LogP contribution in [0.25, 0.3) is 0 Å². The Morgan fingerprint density at radius 1 is 1.44 bits per heavy atom. The van der Waals surface area contributed by atoms with E-state index in [1.54, 1.807) is 0 Å². The summed E-state index contributed by atoms with van der Waals surface area (Å²) in [5.41, 5.74) is 2.02. The summed E-state index contributed by atoms with van der Waals surface area (Å²) in [6, 6.07) is 7.86. The molecule has 2 nitrogen and oxygen atoms in total. The standard InChI is InChI=1S/C13H18BrNO/c1-3-6-10(2)13(16)15-12-8-5-4-7-11(12)9-14/h4-5,7-8,10H,3,6,9H2,1-2H3,(H,15,16). The van der Waals surface area contributed by atoms with Gasteiger partial charge in [0.05, 0.1) is 0 Å². The number of anilines is 1. The Hall–Kier alpha value is -0.830. The maximum absolute atomic E-state index is 11.8. The van der Waals surface area contributed by atoms with Crippen molar-refractivity contribution in [3.63, 3.8) is 0 Å². The third kappa shape index (κ3) is 3.63. The summed E-state index contributed by atoms with van der Waals surface area (Å²) in [4.78, 5) is 11.8. The average molecular weight is 284 g/mol. The minimum Gasteiger partial charge on any atom is -0.326 e. The summed E-state index contributed by atoms with van der Waals surface area (Å²) in [5.74, 6) is 0.184. The third-order valence-electron chi connectivity index (χ3n) is 2.59. The van der Waals surface area contributed by atoms with Gasteiger partial charge in [0.25, 0.3) is 0 Å². The molecule has 0 heterocycles. The first-order valence-electron chi connectivity index (χ1n) is 5.63. The number of carbonyl (C=O) groups is 1. The van der Waals surface area contributed by atoms with E-state index in [2.05, 4.69) is 28.2 Å². The maximum Gasteiger partial charge on any atom is 0.227 e. The number of hydrogen-bond donors (Lipinski definition) is 1. The monoisotopic (exact) mass is 283 g/mol. The minimum atomic E-state index is 0.0772. The quantitative estimate of drug-likeness (QED) is 0.815. The molecule has 0 fully saturated rings. The molecule has 0 aliphatic rings. The van der Waals surface area contributed by atoms with Gasteiger partial charge in [0, 0.05) is 16.9 Å². The first-order valence-corrected chi connectivity index (χ1v) is 6.76. The second-order valence-electron chi connectivity index (χ2n) is 3.97. The Balaban J connectivity index is 2.69. The number of rotatable bonds is 5. The van der Waals surface area contributed by atoms with Crippen molar-refractivity contribution < 1.29 is 4.79 Å². The van der Waals surface area contributed by atoms with Gasteiger partial charge >= 0.3 is 0 Å². The molecule has 3 heteroatoms. The molecule has 1 amide bonds. The molecule has 0 aliphatic carbocycles. The second kappa shape index (κ2) is 6.69. The van der Waals surface area contributed by atoms with E-state index in [1.165, 1.54) is 0 Å². The van der Waals surface area contributed by atoms with Crippen LogP contribution in [0.3, 0.4) is 0 Å². The Morgan fingerprint density at radius 2 is 2.12 bits per heavy atom. The highest BCUT2D eigenvalue weighted by molar-refractivity contribution is 9.08. The number of para-hydroxylation sites is 1. The summed E-state index contributed by atoms with van der Waals surface area (Å²) in [6.45, 7) is 4.06. The van der Waals surface area contributed by atoms with Crippen molar-refractivity contribution in [1.82, 2.24) is 0 Å². The van der Waals surface area contributed by atoms with E-state index in [9.17, 15) is 4.79 Å². The number of alkyl halides is 1. The zero-order valence-corrected chi connectivity index (χ0v) is 11.4. The molecular formula is C13H18BrNO. The Bertz CT molecular complexity index is 352. The van der Waals surface area contributed by atoms with E-state index in [0.29, 0.717) is 0 Å². The predicted molar refractivity (Wildman–Crippen MR) is 71.8 cm³/mol. The largest absolute Gasteiger partial charge is 0.326 e.